The van der Waals surface area contributed by atoms with Gasteiger partial charge in [0.05, 0.1) is 0 Å². The van der Waals surface area contributed by atoms with Gasteiger partial charge in [-0.1, -0.05) is 0 Å². The second kappa shape index (κ2) is 18.5. The Morgan fingerprint density at radius 2 is 0.524 bits per heavy atom. The van der Waals surface area contributed by atoms with E-state index in [1.54, 1.807) is 0 Å². The number of aliphatic hydroxyl groups excluding tert-OH is 1. The number of hydrogen-bond acceptors (Lipinski definition) is 7. The number of carbonyl (C=O) groups is 3. The van der Waals surface area contributed by atoms with Crippen molar-refractivity contribution in [3.8, 4) is 0 Å². The molecule has 1 radical (unpaired) electrons. The van der Waals surface area contributed by atoms with Crippen LogP contribution in [0.2, 0.25) is 0 Å². The van der Waals surface area contributed by atoms with E-state index in [0.29, 0.717) is 0 Å². The van der Waals surface area contributed by atoms with Crippen LogP contribution in [0.25, 0.3) is 0 Å². The molecule has 0 unspecified atom stereocenters. The molecule has 253 valence electrons. The Labute approximate surface area is 257 Å². The van der Waals surface area contributed by atoms with Crippen molar-refractivity contribution in [1.82, 2.24) is 0 Å². The fourth-order valence-electron chi connectivity index (χ4n) is 0.848. The maximum Gasteiger partial charge on any atom is 3.00 e. The van der Waals surface area contributed by atoms with E-state index in [2.05, 4.69) is 0 Å². The van der Waals surface area contributed by atoms with Gasteiger partial charge in [-0.25, -0.2) is 0 Å². The molecule has 0 aromatic carbocycles. The molecule has 0 rings (SSSR count). The normalized spacial score (nSPS) is 13.6. The number of halogens is 18. The fraction of sp³-hybridized carbons (Fsp3) is 0.438. The minimum absolute atomic E-state index is 0. The fourth-order valence-corrected chi connectivity index (χ4v) is 0.848. The van der Waals surface area contributed by atoms with Crippen LogP contribution in [0, 0.1) is 46.9 Å². The van der Waals surface area contributed by atoms with Crippen molar-refractivity contribution in [3.63, 3.8) is 0 Å². The predicted molar refractivity (Wildman–Crippen MR) is 83.7 cm³/mol. The molecule has 0 saturated heterocycles. The summed E-state index contributed by atoms with van der Waals surface area (Å²) in [6.07, 6.45) is -35.8. The van der Waals surface area contributed by atoms with Crippen molar-refractivity contribution in [1.29, 1.82) is 0 Å². The standard InChI is InChI=1S/3C5H2F6O2.CH4O.Yb/c3*6-4(7,8)2(12)1-3(13)5(9,10)11;1-2;/h3*1,12H;2H,1H3;/q;;;;+3/p-3. The van der Waals surface area contributed by atoms with Crippen molar-refractivity contribution >= 4 is 17.3 Å². The van der Waals surface area contributed by atoms with E-state index in [-0.39, 0.29) is 46.9 Å². The summed E-state index contributed by atoms with van der Waals surface area (Å²) in [5.74, 6) is -16.9. The maximum absolute atomic E-state index is 11.3. The van der Waals surface area contributed by atoms with Gasteiger partial charge in [-0.3, -0.25) is 14.4 Å². The zero-order valence-corrected chi connectivity index (χ0v) is 20.4. The average molecular weight is 826 g/mol. The van der Waals surface area contributed by atoms with Gasteiger partial charge in [-0.15, -0.1) is 0 Å². The molecule has 0 bridgehead atoms. The Morgan fingerprint density at radius 3 is 0.595 bits per heavy atom. The Kier molecular flexibility index (Phi) is 21.8. The molecular formula is C16H7F18O7Yb. The molecule has 26 heteroatoms. The van der Waals surface area contributed by atoms with E-state index >= 15 is 0 Å². The zero-order valence-electron chi connectivity index (χ0n) is 18.7. The van der Waals surface area contributed by atoms with Crippen LogP contribution in [0.15, 0.2) is 35.5 Å². The largest absolute Gasteiger partial charge is 3.00 e. The number of alkyl halides is 18. The van der Waals surface area contributed by atoms with Gasteiger partial charge in [0.25, 0.3) is 17.3 Å². The minimum atomic E-state index is -5.46. The third-order valence-corrected chi connectivity index (χ3v) is 2.46. The molecule has 0 atom stereocenters. The van der Waals surface area contributed by atoms with E-state index in [1.807, 2.05) is 0 Å². The Bertz CT molecular complexity index is 838. The molecular weight excluding hydrogens is 819 g/mol. The molecule has 0 aliphatic rings. The molecule has 0 saturated carbocycles. The van der Waals surface area contributed by atoms with Gasteiger partial charge in [0.15, 0.2) is 0 Å². The Hall–Kier alpha value is -2.15. The number of allylic oxidation sites excluding steroid dienone is 6. The summed E-state index contributed by atoms with van der Waals surface area (Å²) in [6.45, 7) is 0. The number of ketones is 3. The SMILES string of the molecule is CO.O=C(C=C([O-])C(F)(F)F)C(F)(F)F.O=C(C=C([O-])C(F)(F)F)C(F)(F)F.O=C(C=C([O-])C(F)(F)F)C(F)(F)F.[Yb+3]. The number of carbonyl (C=O) groups excluding carboxylic acids is 3. The molecule has 0 amide bonds. The molecule has 42 heavy (non-hydrogen) atoms. The van der Waals surface area contributed by atoms with Crippen molar-refractivity contribution in [2.24, 2.45) is 0 Å². The summed E-state index contributed by atoms with van der Waals surface area (Å²) in [5.41, 5.74) is 0. The van der Waals surface area contributed by atoms with Crippen LogP contribution in [0.1, 0.15) is 0 Å². The van der Waals surface area contributed by atoms with Crippen LogP contribution < -0.4 is 15.3 Å². The third kappa shape index (κ3) is 24.4. The van der Waals surface area contributed by atoms with Gasteiger partial charge >= 0.3 is 84.0 Å². The molecule has 0 aromatic rings. The van der Waals surface area contributed by atoms with Crippen molar-refractivity contribution in [2.45, 2.75) is 37.1 Å². The van der Waals surface area contributed by atoms with Crippen LogP contribution in [-0.4, -0.2) is 66.6 Å². The summed E-state index contributed by atoms with van der Waals surface area (Å²) in [5, 5.41) is 36.5. The van der Waals surface area contributed by atoms with Crippen LogP contribution in [0.3, 0.4) is 0 Å². The molecule has 0 heterocycles. The van der Waals surface area contributed by atoms with E-state index < -0.39 is 89.9 Å². The molecule has 0 spiro atoms. The second-order valence-electron chi connectivity index (χ2n) is 5.61. The zero-order chi connectivity index (χ0) is 34.6. The van der Waals surface area contributed by atoms with Gasteiger partial charge in [0.1, 0.15) is 0 Å². The van der Waals surface area contributed by atoms with E-state index in [9.17, 15) is 109 Å². The quantitative estimate of drug-likeness (QED) is 0.262. The van der Waals surface area contributed by atoms with Crippen LogP contribution in [-0.2, 0) is 14.4 Å². The first-order valence-corrected chi connectivity index (χ1v) is 8.31. The number of rotatable bonds is 3. The Morgan fingerprint density at radius 1 is 0.405 bits per heavy atom. The van der Waals surface area contributed by atoms with Gasteiger partial charge in [0, 0.05) is 7.11 Å². The summed E-state index contributed by atoms with van der Waals surface area (Å²) >= 11 is 0. The van der Waals surface area contributed by atoms with Gasteiger partial charge in [0.2, 0.25) is 0 Å². The van der Waals surface area contributed by atoms with Crippen LogP contribution >= 0.6 is 0 Å². The van der Waals surface area contributed by atoms with Crippen LogP contribution in [0.4, 0.5) is 79.0 Å². The van der Waals surface area contributed by atoms with Crippen molar-refractivity contribution in [2.75, 3.05) is 7.11 Å². The maximum atomic E-state index is 11.3. The summed E-state index contributed by atoms with van der Waals surface area (Å²) in [4.78, 5) is 29.5. The molecule has 0 fully saturated rings. The predicted octanol–water partition coefficient (Wildman–Crippen LogP) is 2.38. The van der Waals surface area contributed by atoms with E-state index in [1.165, 1.54) is 0 Å². The second-order valence-corrected chi connectivity index (χ2v) is 5.61. The monoisotopic (exact) mass is 827 g/mol. The number of hydrogen-bond donors (Lipinski definition) is 1. The van der Waals surface area contributed by atoms with Gasteiger partial charge in [-0.05, 0) is 35.5 Å². The molecule has 0 aromatic heterocycles. The first kappa shape index (κ1) is 49.5. The number of aliphatic hydroxyl groups is 1. The minimum Gasteiger partial charge on any atom is -0.869 e. The van der Waals surface area contributed by atoms with Gasteiger partial charge in [-0.2, -0.15) is 79.0 Å². The topological polar surface area (TPSA) is 141 Å². The van der Waals surface area contributed by atoms with Crippen molar-refractivity contribution < 1.29 is 161 Å². The summed E-state index contributed by atoms with van der Waals surface area (Å²) < 4.78 is 203. The third-order valence-electron chi connectivity index (χ3n) is 2.46. The average Bonchev–Trinajstić information content (AvgIpc) is 2.71. The van der Waals surface area contributed by atoms with Gasteiger partial charge < -0.3 is 20.4 Å². The Balaban J connectivity index is -0.000000156. The molecule has 0 aliphatic carbocycles. The van der Waals surface area contributed by atoms with Crippen molar-refractivity contribution in [3.05, 3.63) is 35.5 Å². The smallest absolute Gasteiger partial charge is 0.869 e. The molecule has 0 aliphatic heterocycles. The van der Waals surface area contributed by atoms with Crippen LogP contribution in [0.5, 0.6) is 0 Å². The first-order chi connectivity index (χ1) is 17.6. The first-order valence-electron chi connectivity index (χ1n) is 8.31. The summed E-state index contributed by atoms with van der Waals surface area (Å²) in [6, 6.07) is 0. The molecule has 7 nitrogen and oxygen atoms in total. The molecule has 1 N–H and O–H groups in total. The van der Waals surface area contributed by atoms with E-state index in [4.69, 9.17) is 5.11 Å². The summed E-state index contributed by atoms with van der Waals surface area (Å²) in [7, 11) is 1.00. The van der Waals surface area contributed by atoms with E-state index in [0.717, 1.165) is 7.11 Å².